The number of rotatable bonds is 5. The molecule has 0 aromatic carbocycles. The molecule has 2 atom stereocenters. The maximum atomic E-state index is 9.99. The van der Waals surface area contributed by atoms with E-state index in [2.05, 4.69) is 4.84 Å². The summed E-state index contributed by atoms with van der Waals surface area (Å²) in [5.41, 5.74) is 0. The Morgan fingerprint density at radius 1 is 1.20 bits per heavy atom. The van der Waals surface area contributed by atoms with Crippen LogP contribution in [0.4, 0.5) is 0 Å². The SMILES string of the molecule is O=C([O-])C(O)C(O[N+](=O)[O-])C(=O)[O-].[Ag+].[Ag+]. The summed E-state index contributed by atoms with van der Waals surface area (Å²) in [6, 6.07) is 0. The number of carbonyl (C=O) groups is 2. The van der Waals surface area contributed by atoms with Gasteiger partial charge >= 0.3 is 44.8 Å². The fourth-order valence-electron chi connectivity index (χ4n) is 0.446. The third-order valence-corrected chi connectivity index (χ3v) is 0.960. The van der Waals surface area contributed by atoms with E-state index in [4.69, 9.17) is 5.11 Å². The van der Waals surface area contributed by atoms with Gasteiger partial charge in [-0.2, -0.15) is 0 Å². The molecule has 0 saturated heterocycles. The van der Waals surface area contributed by atoms with Crippen LogP contribution in [0.1, 0.15) is 0 Å². The van der Waals surface area contributed by atoms with E-state index in [1.165, 1.54) is 0 Å². The molecular formula is C4H3Ag2NO8. The largest absolute Gasteiger partial charge is 1.00 e. The van der Waals surface area contributed by atoms with Gasteiger partial charge in [0.15, 0.2) is 6.10 Å². The molecule has 0 saturated carbocycles. The van der Waals surface area contributed by atoms with Gasteiger partial charge in [0.05, 0.1) is 11.9 Å². The fraction of sp³-hybridized carbons (Fsp3) is 0.500. The molecule has 15 heavy (non-hydrogen) atoms. The summed E-state index contributed by atoms with van der Waals surface area (Å²) in [6.07, 6.45) is -5.25. The van der Waals surface area contributed by atoms with Crippen molar-refractivity contribution in [1.82, 2.24) is 0 Å². The van der Waals surface area contributed by atoms with E-state index in [0.717, 1.165) is 0 Å². The van der Waals surface area contributed by atoms with E-state index in [1.54, 1.807) is 0 Å². The molecule has 2 unspecified atom stereocenters. The molecular weight excluding hydrogens is 406 g/mol. The van der Waals surface area contributed by atoms with E-state index in [-0.39, 0.29) is 44.8 Å². The minimum absolute atomic E-state index is 0. The van der Waals surface area contributed by atoms with Crippen molar-refractivity contribution in [3.63, 3.8) is 0 Å². The van der Waals surface area contributed by atoms with Crippen molar-refractivity contribution in [2.45, 2.75) is 12.2 Å². The van der Waals surface area contributed by atoms with Gasteiger partial charge < -0.3 is 29.7 Å². The third-order valence-electron chi connectivity index (χ3n) is 0.960. The van der Waals surface area contributed by atoms with Crippen molar-refractivity contribution in [3.05, 3.63) is 10.1 Å². The number of carbonyl (C=O) groups excluding carboxylic acids is 2. The molecule has 1 N–H and O–H groups in total. The van der Waals surface area contributed by atoms with Crippen LogP contribution in [0.2, 0.25) is 0 Å². The third kappa shape index (κ3) is 7.50. The number of hydrogen-bond donors (Lipinski definition) is 1. The zero-order valence-corrected chi connectivity index (χ0v) is 9.47. The van der Waals surface area contributed by atoms with Crippen LogP contribution in [0.15, 0.2) is 0 Å². The predicted octanol–water partition coefficient (Wildman–Crippen LogP) is -4.58. The normalized spacial score (nSPS) is 12.3. The summed E-state index contributed by atoms with van der Waals surface area (Å²) >= 11 is 0. The van der Waals surface area contributed by atoms with Crippen LogP contribution in [0, 0.1) is 10.1 Å². The van der Waals surface area contributed by atoms with Crippen molar-refractivity contribution in [2.75, 3.05) is 0 Å². The van der Waals surface area contributed by atoms with Crippen LogP contribution in [-0.2, 0) is 59.2 Å². The first-order valence-corrected chi connectivity index (χ1v) is 2.77. The van der Waals surface area contributed by atoms with Crippen molar-refractivity contribution < 1.29 is 79.6 Å². The van der Waals surface area contributed by atoms with Gasteiger partial charge in [-0.3, -0.25) is 0 Å². The number of aliphatic hydroxyl groups is 1. The Morgan fingerprint density at radius 3 is 1.80 bits per heavy atom. The fourth-order valence-corrected chi connectivity index (χ4v) is 0.446. The Bertz CT molecular complexity index is 245. The first-order valence-electron chi connectivity index (χ1n) is 2.77. The smallest absolute Gasteiger partial charge is 0.548 e. The number of aliphatic carboxylic acids is 2. The number of hydrogen-bond acceptors (Lipinski definition) is 8. The zero-order chi connectivity index (χ0) is 10.6. The quantitative estimate of drug-likeness (QED) is 0.271. The molecule has 11 heteroatoms. The molecule has 0 radical (unpaired) electrons. The topological polar surface area (TPSA) is 153 Å². The van der Waals surface area contributed by atoms with Gasteiger partial charge in [-0.15, -0.1) is 10.1 Å². The van der Waals surface area contributed by atoms with E-state index in [9.17, 15) is 29.9 Å². The Hall–Kier alpha value is -0.419. The van der Waals surface area contributed by atoms with Gasteiger partial charge in [-0.25, -0.2) is 0 Å². The van der Waals surface area contributed by atoms with Crippen LogP contribution >= 0.6 is 0 Å². The zero-order valence-electron chi connectivity index (χ0n) is 6.51. The molecule has 0 aromatic rings. The Kier molecular flexibility index (Phi) is 11.8. The number of carboxylic acids is 2. The van der Waals surface area contributed by atoms with Gasteiger partial charge in [0, 0.05) is 0 Å². The van der Waals surface area contributed by atoms with Gasteiger partial charge in [0.2, 0.25) is 0 Å². The molecule has 94 valence electrons. The monoisotopic (exact) mass is 407 g/mol. The molecule has 0 heterocycles. The van der Waals surface area contributed by atoms with Crippen LogP contribution in [0.5, 0.6) is 0 Å². The van der Waals surface area contributed by atoms with Gasteiger partial charge in [0.25, 0.3) is 5.09 Å². The predicted molar refractivity (Wildman–Crippen MR) is 27.9 cm³/mol. The minimum Gasteiger partial charge on any atom is -0.548 e. The summed E-state index contributed by atoms with van der Waals surface area (Å²) in [5, 5.41) is 36.4. The van der Waals surface area contributed by atoms with E-state index in [0.29, 0.717) is 0 Å². The summed E-state index contributed by atoms with van der Waals surface area (Å²) in [7, 11) is 0. The summed E-state index contributed by atoms with van der Waals surface area (Å²) in [5.74, 6) is -4.44. The second kappa shape index (κ2) is 8.85. The Labute approximate surface area is 114 Å². The second-order valence-electron chi connectivity index (χ2n) is 1.83. The molecule has 9 nitrogen and oxygen atoms in total. The molecule has 0 aliphatic rings. The maximum Gasteiger partial charge on any atom is 1.00 e. The Morgan fingerprint density at radius 2 is 1.60 bits per heavy atom. The van der Waals surface area contributed by atoms with Gasteiger partial charge in [0.1, 0.15) is 6.10 Å². The summed E-state index contributed by atoms with van der Waals surface area (Å²) in [4.78, 5) is 32.8. The first-order chi connectivity index (χ1) is 5.86. The molecule has 0 aliphatic carbocycles. The molecule has 0 bridgehead atoms. The van der Waals surface area contributed by atoms with Crippen LogP contribution < -0.4 is 10.2 Å². The van der Waals surface area contributed by atoms with Crippen LogP contribution in [0.25, 0.3) is 0 Å². The first kappa shape index (κ1) is 20.1. The molecule has 0 spiro atoms. The molecule has 0 fully saturated rings. The Balaban J connectivity index is -0.000000720. The van der Waals surface area contributed by atoms with Gasteiger partial charge in [-0.1, -0.05) is 0 Å². The molecule has 0 amide bonds. The van der Waals surface area contributed by atoms with Crippen molar-refractivity contribution >= 4 is 11.9 Å². The van der Waals surface area contributed by atoms with Crippen molar-refractivity contribution in [3.8, 4) is 0 Å². The van der Waals surface area contributed by atoms with Crippen molar-refractivity contribution in [2.24, 2.45) is 0 Å². The average molecular weight is 409 g/mol. The number of carboxylic acid groups (broad SMARTS) is 2. The average Bonchev–Trinajstić information content (AvgIpc) is 1.97. The molecule has 0 rings (SSSR count). The number of nitrogens with zero attached hydrogens (tertiary/aromatic N) is 1. The standard InChI is InChI=1S/C4H5NO8.2Ag/c6-1(3(7)8)2(4(9)10)13-5(11)12;;/h1-2,6H,(H,7,8)(H,9,10);;/q;2*+1/p-2. The minimum atomic E-state index is -2.66. The molecule has 0 aromatic heterocycles. The summed E-state index contributed by atoms with van der Waals surface area (Å²) < 4.78 is 0. The van der Waals surface area contributed by atoms with Crippen LogP contribution in [0.3, 0.4) is 0 Å². The van der Waals surface area contributed by atoms with Gasteiger partial charge in [-0.05, 0) is 0 Å². The summed E-state index contributed by atoms with van der Waals surface area (Å²) in [6.45, 7) is 0. The maximum absolute atomic E-state index is 9.99. The van der Waals surface area contributed by atoms with Crippen molar-refractivity contribution in [1.29, 1.82) is 0 Å². The second-order valence-corrected chi connectivity index (χ2v) is 1.83. The molecule has 0 aliphatic heterocycles. The van der Waals surface area contributed by atoms with E-state index < -0.39 is 29.2 Å². The van der Waals surface area contributed by atoms with E-state index >= 15 is 0 Å². The number of aliphatic hydroxyl groups excluding tert-OH is 1. The van der Waals surface area contributed by atoms with E-state index in [1.807, 2.05) is 0 Å². The van der Waals surface area contributed by atoms with Crippen LogP contribution in [-0.4, -0.2) is 34.3 Å².